The van der Waals surface area contributed by atoms with Crippen LogP contribution in [0.2, 0.25) is 0 Å². The fraction of sp³-hybridized carbons (Fsp3) is 0.200. The third kappa shape index (κ3) is 2.65. The van der Waals surface area contributed by atoms with Crippen LogP contribution in [0.4, 0.5) is 5.69 Å². The van der Waals surface area contributed by atoms with Gasteiger partial charge in [0.1, 0.15) is 5.94 Å². The highest BCUT2D eigenvalue weighted by Gasteiger charge is 2.20. The first-order valence-electron chi connectivity index (χ1n) is 4.44. The zero-order valence-electron chi connectivity index (χ0n) is 8.84. The van der Waals surface area contributed by atoms with Gasteiger partial charge in [-0.1, -0.05) is 0 Å². The topological polar surface area (TPSA) is 106 Å². The Balaban J connectivity index is 3.42. The molecule has 7 heteroatoms. The van der Waals surface area contributed by atoms with Gasteiger partial charge in [0, 0.05) is 12.1 Å². The van der Waals surface area contributed by atoms with Crippen LogP contribution >= 0.6 is 0 Å². The smallest absolute Gasteiger partial charge is 0.296 e. The maximum atomic E-state index is 10.7. The molecule has 1 rings (SSSR count). The normalized spacial score (nSPS) is 8.94. The van der Waals surface area contributed by atoms with Crippen LogP contribution in [0.5, 0.6) is 5.88 Å². The van der Waals surface area contributed by atoms with E-state index in [1.807, 2.05) is 0 Å². The summed E-state index contributed by atoms with van der Waals surface area (Å²) < 4.78 is 4.80. The molecule has 0 aliphatic heterocycles. The molecule has 0 saturated heterocycles. The number of allylic oxidation sites excluding steroid dienone is 1. The monoisotopic (exact) mass is 233 g/mol. The maximum absolute atomic E-state index is 10.7. The summed E-state index contributed by atoms with van der Waals surface area (Å²) in [5.74, 6) is 1.61. The highest BCUT2D eigenvalue weighted by Crippen LogP contribution is 2.26. The number of nitro groups is 1. The second-order valence-corrected chi connectivity index (χ2v) is 2.89. The van der Waals surface area contributed by atoms with E-state index in [1.54, 1.807) is 6.07 Å². The number of hydrogen-bond donors (Lipinski definition) is 0. The van der Waals surface area contributed by atoms with E-state index >= 15 is 0 Å². The van der Waals surface area contributed by atoms with Crippen LogP contribution in [0, 0.1) is 21.4 Å². The summed E-state index contributed by atoms with van der Waals surface area (Å²) in [5.41, 5.74) is -0.719. The van der Waals surface area contributed by atoms with Gasteiger partial charge in [-0.05, 0) is 0 Å². The van der Waals surface area contributed by atoms with E-state index in [1.165, 1.54) is 19.1 Å². The molecule has 0 unspecified atom stereocenters. The first-order chi connectivity index (χ1) is 8.13. The van der Waals surface area contributed by atoms with Crippen LogP contribution in [-0.4, -0.2) is 23.0 Å². The summed E-state index contributed by atoms with van der Waals surface area (Å²) in [7, 11) is 1.34. The molecule has 0 saturated carbocycles. The van der Waals surface area contributed by atoms with Crippen LogP contribution < -0.4 is 4.74 Å². The molecular formula is C10H7N3O4. The largest absolute Gasteiger partial charge is 0.481 e. The fourth-order valence-electron chi connectivity index (χ4n) is 1.16. The molecule has 0 aromatic carbocycles. The lowest BCUT2D eigenvalue weighted by Crippen LogP contribution is -2.00. The van der Waals surface area contributed by atoms with E-state index in [0.717, 1.165) is 6.07 Å². The van der Waals surface area contributed by atoms with E-state index in [-0.39, 0.29) is 29.3 Å². The van der Waals surface area contributed by atoms with Crippen LogP contribution in [0.15, 0.2) is 12.1 Å². The third-order valence-corrected chi connectivity index (χ3v) is 1.92. The summed E-state index contributed by atoms with van der Waals surface area (Å²) in [6.45, 7) is 0. The zero-order chi connectivity index (χ0) is 12.8. The Hall–Kier alpha value is -2.71. The molecule has 0 aliphatic rings. The summed E-state index contributed by atoms with van der Waals surface area (Å²) in [6, 6.07) is 4.18. The molecule has 0 spiro atoms. The van der Waals surface area contributed by atoms with Crippen LogP contribution in [0.3, 0.4) is 0 Å². The van der Waals surface area contributed by atoms with Crippen LogP contribution in [0.25, 0.3) is 5.57 Å². The predicted molar refractivity (Wildman–Crippen MR) is 56.8 cm³/mol. The molecule has 17 heavy (non-hydrogen) atoms. The number of nitriles is 1. The Morgan fingerprint density at radius 3 is 2.82 bits per heavy atom. The first kappa shape index (κ1) is 12.4. The Kier molecular flexibility index (Phi) is 3.92. The van der Waals surface area contributed by atoms with Crippen molar-refractivity contribution in [1.82, 2.24) is 4.98 Å². The van der Waals surface area contributed by atoms with Gasteiger partial charge in [-0.3, -0.25) is 10.1 Å². The Morgan fingerprint density at radius 1 is 1.65 bits per heavy atom. The molecular weight excluding hydrogens is 226 g/mol. The minimum absolute atomic E-state index is 0.122. The quantitative estimate of drug-likeness (QED) is 0.438. The molecule has 86 valence electrons. The van der Waals surface area contributed by atoms with Crippen molar-refractivity contribution in [3.05, 3.63) is 27.9 Å². The van der Waals surface area contributed by atoms with Crippen molar-refractivity contribution in [2.45, 2.75) is 6.42 Å². The van der Waals surface area contributed by atoms with Crippen molar-refractivity contribution >= 4 is 17.2 Å². The van der Waals surface area contributed by atoms with Crippen LogP contribution in [-0.2, 0) is 4.79 Å². The number of nitrogens with zero attached hydrogens (tertiary/aromatic N) is 3. The van der Waals surface area contributed by atoms with Gasteiger partial charge in [0.05, 0.1) is 30.1 Å². The minimum Gasteiger partial charge on any atom is -0.481 e. The molecule has 1 heterocycles. The summed E-state index contributed by atoms with van der Waals surface area (Å²) in [4.78, 5) is 24.5. The van der Waals surface area contributed by atoms with Crippen molar-refractivity contribution in [1.29, 1.82) is 5.26 Å². The van der Waals surface area contributed by atoms with Crippen molar-refractivity contribution in [3.8, 4) is 11.9 Å². The van der Waals surface area contributed by atoms with E-state index in [9.17, 15) is 14.9 Å². The van der Waals surface area contributed by atoms with Gasteiger partial charge in [-0.2, -0.15) is 5.26 Å². The van der Waals surface area contributed by atoms with E-state index in [4.69, 9.17) is 10.00 Å². The lowest BCUT2D eigenvalue weighted by Gasteiger charge is -2.03. The highest BCUT2D eigenvalue weighted by molar-refractivity contribution is 5.90. The van der Waals surface area contributed by atoms with E-state index in [0.29, 0.717) is 0 Å². The van der Waals surface area contributed by atoms with Gasteiger partial charge >= 0.3 is 0 Å². The number of pyridine rings is 1. The molecule has 0 fully saturated rings. The number of methoxy groups -OCH3 is 1. The lowest BCUT2D eigenvalue weighted by atomic mass is 10.1. The average molecular weight is 233 g/mol. The second-order valence-electron chi connectivity index (χ2n) is 2.89. The van der Waals surface area contributed by atoms with Gasteiger partial charge in [0.2, 0.25) is 5.88 Å². The lowest BCUT2D eigenvalue weighted by molar-refractivity contribution is -0.385. The Morgan fingerprint density at radius 2 is 2.35 bits per heavy atom. The number of rotatable bonds is 4. The predicted octanol–water partition coefficient (Wildman–Crippen LogP) is 1.13. The molecule has 0 aliphatic carbocycles. The van der Waals surface area contributed by atoms with Crippen molar-refractivity contribution in [3.63, 3.8) is 0 Å². The molecule has 7 nitrogen and oxygen atoms in total. The summed E-state index contributed by atoms with van der Waals surface area (Å²) in [6.07, 6.45) is -0.301. The number of ether oxygens (including phenoxy) is 1. The van der Waals surface area contributed by atoms with Crippen molar-refractivity contribution in [2.75, 3.05) is 7.11 Å². The average Bonchev–Trinajstić information content (AvgIpc) is 2.35. The minimum atomic E-state index is -0.684. The Bertz CT molecular complexity index is 541. The standard InChI is InChI=1S/C10H7N3O4/c1-17-9-3-2-8(13(15)16)10(12-9)7(6-14)4-5-11/h2-3H,4H2,1H3. The number of hydrogen-bond acceptors (Lipinski definition) is 6. The van der Waals surface area contributed by atoms with Gasteiger partial charge in [-0.15, -0.1) is 0 Å². The van der Waals surface area contributed by atoms with Crippen LogP contribution in [0.1, 0.15) is 12.1 Å². The fourth-order valence-corrected chi connectivity index (χ4v) is 1.16. The van der Waals surface area contributed by atoms with Gasteiger partial charge < -0.3 is 4.74 Å². The first-order valence-corrected chi connectivity index (χ1v) is 4.44. The molecule has 0 bridgehead atoms. The van der Waals surface area contributed by atoms with Crippen molar-refractivity contribution in [2.24, 2.45) is 0 Å². The maximum Gasteiger partial charge on any atom is 0.296 e. The Labute approximate surface area is 96.1 Å². The van der Waals surface area contributed by atoms with Crippen molar-refractivity contribution < 1.29 is 14.5 Å². The van der Waals surface area contributed by atoms with Gasteiger partial charge in [0.25, 0.3) is 5.69 Å². The summed E-state index contributed by atoms with van der Waals surface area (Å²) in [5, 5.41) is 19.3. The molecule has 0 amide bonds. The second kappa shape index (κ2) is 5.39. The molecule has 1 aromatic heterocycles. The molecule has 0 radical (unpaired) electrons. The van der Waals surface area contributed by atoms with Gasteiger partial charge in [0.15, 0.2) is 5.69 Å². The summed E-state index contributed by atoms with van der Waals surface area (Å²) >= 11 is 0. The molecule has 1 aromatic rings. The zero-order valence-corrected chi connectivity index (χ0v) is 8.84. The SMILES string of the molecule is COc1ccc([N+](=O)[O-])c(C(=C=O)CC#N)n1. The number of carbonyl (C=O) groups excluding carboxylic acids is 1. The third-order valence-electron chi connectivity index (χ3n) is 1.92. The highest BCUT2D eigenvalue weighted by atomic mass is 16.6. The van der Waals surface area contributed by atoms with E-state index < -0.39 is 4.92 Å². The molecule has 0 atom stereocenters. The van der Waals surface area contributed by atoms with Gasteiger partial charge in [-0.25, -0.2) is 9.78 Å². The molecule has 0 N–H and O–H groups in total. The number of aromatic nitrogens is 1. The van der Waals surface area contributed by atoms with E-state index in [2.05, 4.69) is 4.98 Å².